The maximum absolute atomic E-state index is 10.3. The maximum atomic E-state index is 10.3. The highest BCUT2D eigenvalue weighted by Crippen LogP contribution is 2.50. The molecular formula is C15H28O2. The molecule has 2 bridgehead atoms. The molecule has 2 aliphatic carbocycles. The normalized spacial score (nSPS) is 35.1. The molecule has 0 saturated heterocycles. The van der Waals surface area contributed by atoms with Crippen molar-refractivity contribution < 1.29 is 9.84 Å². The van der Waals surface area contributed by atoms with E-state index in [9.17, 15) is 5.11 Å². The first-order chi connectivity index (χ1) is 8.24. The van der Waals surface area contributed by atoms with Crippen LogP contribution >= 0.6 is 0 Å². The van der Waals surface area contributed by atoms with Crippen LogP contribution in [0, 0.1) is 17.8 Å². The van der Waals surface area contributed by atoms with Crippen molar-refractivity contribution in [3.8, 4) is 0 Å². The van der Waals surface area contributed by atoms with Crippen molar-refractivity contribution in [1.29, 1.82) is 0 Å². The Morgan fingerprint density at radius 3 is 2.59 bits per heavy atom. The average Bonchev–Trinajstić information content (AvgIpc) is 2.90. The van der Waals surface area contributed by atoms with Gasteiger partial charge in [-0.1, -0.05) is 19.8 Å². The Hall–Kier alpha value is -0.0800. The summed E-state index contributed by atoms with van der Waals surface area (Å²) in [6, 6.07) is 0. The fourth-order valence-corrected chi connectivity index (χ4v) is 4.01. The first-order valence-corrected chi connectivity index (χ1v) is 7.54. The van der Waals surface area contributed by atoms with E-state index in [-0.39, 0.29) is 12.2 Å². The minimum absolute atomic E-state index is 0.0733. The van der Waals surface area contributed by atoms with Crippen LogP contribution in [-0.4, -0.2) is 23.9 Å². The summed E-state index contributed by atoms with van der Waals surface area (Å²) in [6.07, 6.45) is 8.57. The predicted octanol–water partition coefficient (Wildman–Crippen LogP) is 3.38. The molecule has 0 heterocycles. The highest BCUT2D eigenvalue weighted by molar-refractivity contribution is 4.91. The van der Waals surface area contributed by atoms with Crippen LogP contribution in [0.15, 0.2) is 0 Å². The molecule has 0 radical (unpaired) electrons. The van der Waals surface area contributed by atoms with Gasteiger partial charge in [0.05, 0.1) is 12.2 Å². The second-order valence-corrected chi connectivity index (χ2v) is 6.02. The minimum atomic E-state index is -0.237. The molecule has 0 amide bonds. The molecule has 2 aliphatic rings. The lowest BCUT2D eigenvalue weighted by Gasteiger charge is -2.28. The van der Waals surface area contributed by atoms with E-state index in [0.29, 0.717) is 0 Å². The van der Waals surface area contributed by atoms with Crippen LogP contribution < -0.4 is 0 Å². The van der Waals surface area contributed by atoms with Gasteiger partial charge in [0, 0.05) is 6.61 Å². The molecule has 0 aliphatic heterocycles. The molecule has 0 spiro atoms. The average molecular weight is 240 g/mol. The Balaban J connectivity index is 1.80. The Labute approximate surface area is 106 Å². The van der Waals surface area contributed by atoms with E-state index in [1.807, 2.05) is 6.92 Å². The molecule has 5 atom stereocenters. The minimum Gasteiger partial charge on any atom is -0.390 e. The number of aliphatic hydroxyl groups excluding tert-OH is 1. The molecule has 2 saturated carbocycles. The summed E-state index contributed by atoms with van der Waals surface area (Å²) in [4.78, 5) is 0. The molecule has 2 heteroatoms. The lowest BCUT2D eigenvalue weighted by Crippen LogP contribution is -2.32. The largest absolute Gasteiger partial charge is 0.390 e. The van der Waals surface area contributed by atoms with Gasteiger partial charge < -0.3 is 9.84 Å². The van der Waals surface area contributed by atoms with Crippen molar-refractivity contribution in [3.05, 3.63) is 0 Å². The highest BCUT2D eigenvalue weighted by Gasteiger charge is 2.40. The first kappa shape index (κ1) is 13.4. The second kappa shape index (κ2) is 6.19. The van der Waals surface area contributed by atoms with Gasteiger partial charge in [-0.25, -0.2) is 0 Å². The number of fused-ring (bicyclic) bond motifs is 2. The van der Waals surface area contributed by atoms with E-state index in [1.165, 1.54) is 25.7 Å². The summed E-state index contributed by atoms with van der Waals surface area (Å²) >= 11 is 0. The molecular weight excluding hydrogens is 212 g/mol. The van der Waals surface area contributed by atoms with Gasteiger partial charge in [0.15, 0.2) is 0 Å². The molecule has 1 N–H and O–H groups in total. The van der Waals surface area contributed by atoms with Crippen LogP contribution in [0.5, 0.6) is 0 Å². The van der Waals surface area contributed by atoms with Crippen molar-refractivity contribution in [2.24, 2.45) is 17.8 Å². The number of hydrogen-bond acceptors (Lipinski definition) is 2. The molecule has 2 nitrogen and oxygen atoms in total. The first-order valence-electron chi connectivity index (χ1n) is 7.54. The van der Waals surface area contributed by atoms with Gasteiger partial charge >= 0.3 is 0 Å². The molecule has 0 aromatic rings. The third kappa shape index (κ3) is 3.23. The van der Waals surface area contributed by atoms with E-state index in [4.69, 9.17) is 4.74 Å². The van der Waals surface area contributed by atoms with Crippen LogP contribution in [0.3, 0.4) is 0 Å². The van der Waals surface area contributed by atoms with Crippen LogP contribution in [0.1, 0.15) is 58.8 Å². The van der Waals surface area contributed by atoms with Gasteiger partial charge in [0.1, 0.15) is 0 Å². The molecule has 100 valence electrons. The topological polar surface area (TPSA) is 29.5 Å². The predicted molar refractivity (Wildman–Crippen MR) is 69.9 cm³/mol. The van der Waals surface area contributed by atoms with Gasteiger partial charge in [-0.2, -0.15) is 0 Å². The lowest BCUT2D eigenvalue weighted by molar-refractivity contribution is -0.0489. The molecule has 5 unspecified atom stereocenters. The fourth-order valence-electron chi connectivity index (χ4n) is 4.01. The fraction of sp³-hybridized carbons (Fsp3) is 1.00. The van der Waals surface area contributed by atoms with Crippen LogP contribution in [0.25, 0.3) is 0 Å². The molecule has 17 heavy (non-hydrogen) atoms. The van der Waals surface area contributed by atoms with Crippen molar-refractivity contribution in [2.75, 3.05) is 6.61 Å². The Morgan fingerprint density at radius 1 is 1.24 bits per heavy atom. The van der Waals surface area contributed by atoms with Gasteiger partial charge in [-0.15, -0.1) is 0 Å². The molecule has 0 aromatic carbocycles. The van der Waals surface area contributed by atoms with Gasteiger partial charge in [0.2, 0.25) is 0 Å². The third-order valence-corrected chi connectivity index (χ3v) is 4.81. The number of rotatable bonds is 7. The standard InChI is InChI=1S/C15H28O2/c1-3-5-15(17-4-2)14(16)10-13-9-11-6-7-12(13)8-11/h11-16H,3-10H2,1-2H3. The van der Waals surface area contributed by atoms with E-state index < -0.39 is 0 Å². The van der Waals surface area contributed by atoms with Gasteiger partial charge in [-0.05, 0) is 56.8 Å². The summed E-state index contributed by atoms with van der Waals surface area (Å²) in [5, 5.41) is 10.3. The van der Waals surface area contributed by atoms with Crippen LogP contribution in [0.4, 0.5) is 0 Å². The Morgan fingerprint density at radius 2 is 2.06 bits per heavy atom. The highest BCUT2D eigenvalue weighted by atomic mass is 16.5. The van der Waals surface area contributed by atoms with Gasteiger partial charge in [-0.3, -0.25) is 0 Å². The maximum Gasteiger partial charge on any atom is 0.0833 e. The van der Waals surface area contributed by atoms with Crippen LogP contribution in [0.2, 0.25) is 0 Å². The smallest absolute Gasteiger partial charge is 0.0833 e. The zero-order chi connectivity index (χ0) is 12.3. The lowest BCUT2D eigenvalue weighted by atomic mass is 9.83. The van der Waals surface area contributed by atoms with E-state index >= 15 is 0 Å². The summed E-state index contributed by atoms with van der Waals surface area (Å²) in [5.41, 5.74) is 0. The summed E-state index contributed by atoms with van der Waals surface area (Å²) in [6.45, 7) is 4.90. The van der Waals surface area contributed by atoms with E-state index in [1.54, 1.807) is 0 Å². The summed E-state index contributed by atoms with van der Waals surface area (Å²) in [7, 11) is 0. The van der Waals surface area contributed by atoms with Crippen molar-refractivity contribution >= 4 is 0 Å². The Kier molecular flexibility index (Phi) is 4.87. The zero-order valence-corrected chi connectivity index (χ0v) is 11.4. The number of hydrogen-bond donors (Lipinski definition) is 1. The Bertz CT molecular complexity index is 223. The summed E-state index contributed by atoms with van der Waals surface area (Å²) in [5.74, 6) is 2.68. The SMILES string of the molecule is CCCC(OCC)C(O)CC1CC2CCC1C2. The second-order valence-electron chi connectivity index (χ2n) is 6.02. The van der Waals surface area contributed by atoms with E-state index in [2.05, 4.69) is 6.92 Å². The van der Waals surface area contributed by atoms with Crippen molar-refractivity contribution in [3.63, 3.8) is 0 Å². The van der Waals surface area contributed by atoms with E-state index in [0.717, 1.165) is 43.6 Å². The quantitative estimate of drug-likeness (QED) is 0.739. The molecule has 0 aromatic heterocycles. The monoisotopic (exact) mass is 240 g/mol. The third-order valence-electron chi connectivity index (χ3n) is 4.81. The number of aliphatic hydroxyl groups is 1. The number of ether oxygens (including phenoxy) is 1. The van der Waals surface area contributed by atoms with Gasteiger partial charge in [0.25, 0.3) is 0 Å². The van der Waals surface area contributed by atoms with Crippen molar-refractivity contribution in [2.45, 2.75) is 71.0 Å². The molecule has 2 fully saturated rings. The van der Waals surface area contributed by atoms with Crippen molar-refractivity contribution in [1.82, 2.24) is 0 Å². The zero-order valence-electron chi connectivity index (χ0n) is 11.4. The summed E-state index contributed by atoms with van der Waals surface area (Å²) < 4.78 is 5.68. The molecule has 2 rings (SSSR count). The van der Waals surface area contributed by atoms with Crippen LogP contribution in [-0.2, 0) is 4.74 Å².